The van der Waals surface area contributed by atoms with Crippen LogP contribution in [-0.4, -0.2) is 50.8 Å². The third-order valence-electron chi connectivity index (χ3n) is 2.38. The molecule has 1 amide bonds. The Morgan fingerprint density at radius 1 is 1.06 bits per heavy atom. The van der Waals surface area contributed by atoms with Gasteiger partial charge in [-0.3, -0.25) is 9.80 Å². The number of nitrogens with zero attached hydrogens (tertiary/aromatic N) is 2. The molecule has 0 saturated carbocycles. The van der Waals surface area contributed by atoms with Crippen LogP contribution in [0.2, 0.25) is 10.6 Å². The maximum absolute atomic E-state index is 11.3. The Hall–Kier alpha value is -0.00753. The summed E-state index contributed by atoms with van der Waals surface area (Å²) in [4.78, 5) is 11.3. The molecule has 0 N–H and O–H groups in total. The molecule has 0 aliphatic rings. The SMILES string of the molecule is C=CC(=O)N(CC)N(CC)CC.C[CH2][Al+][CH2]C.[Cl-]. The summed E-state index contributed by atoms with van der Waals surface area (Å²) >= 11 is 0.815. The molecule has 5 heteroatoms. The Morgan fingerprint density at radius 3 is 1.67 bits per heavy atom. The number of amides is 1. The second kappa shape index (κ2) is 17.0. The van der Waals surface area contributed by atoms with Gasteiger partial charge in [0.25, 0.3) is 5.91 Å². The molecule has 0 saturated heterocycles. The van der Waals surface area contributed by atoms with Crippen molar-refractivity contribution < 1.29 is 17.2 Å². The first-order valence-electron chi connectivity index (χ1n) is 6.63. The van der Waals surface area contributed by atoms with E-state index in [0.717, 1.165) is 28.3 Å². The van der Waals surface area contributed by atoms with E-state index < -0.39 is 0 Å². The molecule has 0 spiro atoms. The minimum absolute atomic E-state index is 0. The van der Waals surface area contributed by atoms with Gasteiger partial charge in [0.15, 0.2) is 0 Å². The third kappa shape index (κ3) is 11.1. The number of halogens is 1. The average Bonchev–Trinajstić information content (AvgIpc) is 2.36. The molecular weight excluding hydrogens is 263 g/mol. The number of hydrazine groups is 1. The zero-order valence-corrected chi connectivity index (χ0v) is 14.5. The summed E-state index contributed by atoms with van der Waals surface area (Å²) < 4.78 is 0. The maximum atomic E-state index is 11.3. The van der Waals surface area contributed by atoms with E-state index in [9.17, 15) is 4.79 Å². The molecule has 0 fully saturated rings. The van der Waals surface area contributed by atoms with E-state index in [4.69, 9.17) is 0 Å². The average molecular weight is 291 g/mol. The van der Waals surface area contributed by atoms with Crippen molar-refractivity contribution in [1.82, 2.24) is 10.0 Å². The van der Waals surface area contributed by atoms with Crippen LogP contribution in [0.25, 0.3) is 0 Å². The van der Waals surface area contributed by atoms with Crippen molar-refractivity contribution in [2.75, 3.05) is 19.6 Å². The first-order valence-corrected chi connectivity index (χ1v) is 8.26. The van der Waals surface area contributed by atoms with E-state index in [-0.39, 0.29) is 18.3 Å². The number of carbonyl (C=O) groups is 1. The second-order valence-corrected chi connectivity index (χ2v) is 5.71. The molecule has 0 heterocycles. The van der Waals surface area contributed by atoms with Gasteiger partial charge in [0.05, 0.1) is 0 Å². The van der Waals surface area contributed by atoms with Crippen LogP contribution >= 0.6 is 0 Å². The number of hydrogen-bond acceptors (Lipinski definition) is 2. The molecule has 0 atom stereocenters. The van der Waals surface area contributed by atoms with Crippen LogP contribution in [0, 0.1) is 0 Å². The number of likely N-dealkylation sites (N-methyl/N-ethyl adjacent to an activating group) is 1. The Labute approximate surface area is 126 Å². The fourth-order valence-electron chi connectivity index (χ4n) is 1.45. The van der Waals surface area contributed by atoms with E-state index in [2.05, 4.69) is 20.4 Å². The fourth-order valence-corrected chi connectivity index (χ4v) is 2.03. The number of rotatable bonds is 7. The fraction of sp³-hybridized carbons (Fsp3) is 0.769. The van der Waals surface area contributed by atoms with Crippen LogP contribution in [-0.2, 0) is 4.79 Å². The van der Waals surface area contributed by atoms with Crippen molar-refractivity contribution in [3.63, 3.8) is 0 Å². The third-order valence-corrected chi connectivity index (χ3v) is 3.53. The standard InChI is InChI=1S/C9H18N2O.2C2H5.Al.ClH/c1-5-9(12)11(8-4)10(6-2)7-3;2*1-2;;/h5H,1,6-8H2,2-4H3;2*1H2,2H3;;1H/q;;;+1;/p-1. The van der Waals surface area contributed by atoms with E-state index >= 15 is 0 Å². The van der Waals surface area contributed by atoms with Gasteiger partial charge in [0, 0.05) is 19.6 Å². The minimum atomic E-state index is -0.0267. The van der Waals surface area contributed by atoms with Crippen LogP contribution in [0.15, 0.2) is 12.7 Å². The molecule has 0 rings (SSSR count). The maximum Gasteiger partial charge on any atom is -1.00 e. The van der Waals surface area contributed by atoms with E-state index in [1.54, 1.807) is 5.01 Å². The van der Waals surface area contributed by atoms with Crippen molar-refractivity contribution in [2.45, 2.75) is 45.2 Å². The first kappa shape index (κ1) is 23.1. The molecule has 106 valence electrons. The molecule has 0 aliphatic carbocycles. The van der Waals surface area contributed by atoms with Gasteiger partial charge >= 0.3 is 39.6 Å². The largest absolute Gasteiger partial charge is 1.00 e. The van der Waals surface area contributed by atoms with Crippen molar-refractivity contribution in [2.24, 2.45) is 0 Å². The van der Waals surface area contributed by atoms with Crippen LogP contribution in [0.1, 0.15) is 34.6 Å². The minimum Gasteiger partial charge on any atom is -1.00 e. The van der Waals surface area contributed by atoms with Gasteiger partial charge in [-0.25, -0.2) is 5.01 Å². The molecule has 0 radical (unpaired) electrons. The quantitative estimate of drug-likeness (QED) is 0.370. The Morgan fingerprint density at radius 2 is 1.50 bits per heavy atom. The molecule has 0 aromatic heterocycles. The van der Waals surface area contributed by atoms with Crippen LogP contribution in [0.4, 0.5) is 0 Å². The molecule has 0 unspecified atom stereocenters. The molecule has 18 heavy (non-hydrogen) atoms. The predicted molar refractivity (Wildman–Crippen MR) is 77.2 cm³/mol. The summed E-state index contributed by atoms with van der Waals surface area (Å²) in [5.74, 6) is -0.0267. The zero-order chi connectivity index (χ0) is 13.7. The molecule has 0 aromatic rings. The van der Waals surface area contributed by atoms with Gasteiger partial charge in [-0.15, -0.1) is 0 Å². The summed E-state index contributed by atoms with van der Waals surface area (Å²) in [5.41, 5.74) is 0. The van der Waals surface area contributed by atoms with Gasteiger partial charge in [-0.2, -0.15) is 0 Å². The van der Waals surface area contributed by atoms with Crippen molar-refractivity contribution >= 4 is 21.1 Å². The van der Waals surface area contributed by atoms with Crippen LogP contribution in [0.3, 0.4) is 0 Å². The summed E-state index contributed by atoms with van der Waals surface area (Å²) in [6, 6.07) is 0. The molecule has 0 bridgehead atoms. The summed E-state index contributed by atoms with van der Waals surface area (Å²) in [5, 5.41) is 6.55. The normalized spacial score (nSPS) is 8.56. The monoisotopic (exact) mass is 290 g/mol. The van der Waals surface area contributed by atoms with Crippen LogP contribution < -0.4 is 12.4 Å². The molecular formula is C13H28AlClN2O. The van der Waals surface area contributed by atoms with Crippen molar-refractivity contribution in [3.8, 4) is 0 Å². The molecule has 3 nitrogen and oxygen atoms in total. The smallest absolute Gasteiger partial charge is 1.00 e. The van der Waals surface area contributed by atoms with E-state index in [0.29, 0.717) is 6.54 Å². The zero-order valence-electron chi connectivity index (χ0n) is 12.6. The van der Waals surface area contributed by atoms with Gasteiger partial charge < -0.3 is 12.4 Å². The molecule has 0 aliphatic heterocycles. The second-order valence-electron chi connectivity index (χ2n) is 3.50. The molecule has 0 aromatic carbocycles. The van der Waals surface area contributed by atoms with Crippen LogP contribution in [0.5, 0.6) is 0 Å². The van der Waals surface area contributed by atoms with Gasteiger partial charge in [-0.05, 0) is 13.0 Å². The Balaban J connectivity index is -0.000000321. The summed E-state index contributed by atoms with van der Waals surface area (Å²) in [6.45, 7) is 16.4. The Bertz CT molecular complexity index is 197. The van der Waals surface area contributed by atoms with Crippen molar-refractivity contribution in [3.05, 3.63) is 12.7 Å². The number of hydrogen-bond donors (Lipinski definition) is 0. The Kier molecular flexibility index (Phi) is 21.8. The number of carbonyl (C=O) groups excluding carboxylic acids is 1. The van der Waals surface area contributed by atoms with Crippen molar-refractivity contribution in [1.29, 1.82) is 0 Å². The van der Waals surface area contributed by atoms with E-state index in [1.165, 1.54) is 16.6 Å². The van der Waals surface area contributed by atoms with Gasteiger partial charge in [-0.1, -0.05) is 20.4 Å². The summed E-state index contributed by atoms with van der Waals surface area (Å²) in [7, 11) is 0. The van der Waals surface area contributed by atoms with Gasteiger partial charge in [0.1, 0.15) is 0 Å². The van der Waals surface area contributed by atoms with Gasteiger partial charge in [0.2, 0.25) is 0 Å². The first-order chi connectivity index (χ1) is 8.12. The van der Waals surface area contributed by atoms with E-state index in [1.807, 2.05) is 25.8 Å². The predicted octanol–water partition coefficient (Wildman–Crippen LogP) is -0.151. The summed E-state index contributed by atoms with van der Waals surface area (Å²) in [6.07, 6.45) is 1.35. The topological polar surface area (TPSA) is 23.6 Å².